The quantitative estimate of drug-likeness (QED) is 0.0408. The maximum absolute atomic E-state index is 11.6. The summed E-state index contributed by atoms with van der Waals surface area (Å²) in [5.41, 5.74) is 2.07. The van der Waals surface area contributed by atoms with Gasteiger partial charge in [0.05, 0.1) is 7.11 Å². The van der Waals surface area contributed by atoms with E-state index in [1.807, 2.05) is 0 Å². The molecule has 0 aromatic heterocycles. The average Bonchev–Trinajstić information content (AvgIpc) is 3.43. The molecule has 3 atom stereocenters. The zero-order valence-corrected chi connectivity index (χ0v) is 37.9. The Morgan fingerprint density at radius 3 is 1.49 bits per heavy atom. The first-order valence-electron chi connectivity index (χ1n) is 20.0. The van der Waals surface area contributed by atoms with Crippen molar-refractivity contribution in [1.82, 2.24) is 5.32 Å². The predicted molar refractivity (Wildman–Crippen MR) is 232 cm³/mol. The van der Waals surface area contributed by atoms with Crippen molar-refractivity contribution < 1.29 is 38.5 Å². The van der Waals surface area contributed by atoms with Gasteiger partial charge in [0, 0.05) is 39.8 Å². The predicted octanol–water partition coefficient (Wildman–Crippen LogP) is 11.0. The molecule has 0 amide bonds. The standard InChI is InChI=1S/C14H22O2.C12H26S.C10H19NO2.C5H8O2.C4H6O2/c1-9(2)12(15)16-11-8-10-6-7-14(11,5)13(10,3)4;1-2-3-4-5-6-7-8-9-10-11-12-13;1-8(2)9(12)13-7-6-11-10(3,4)5;1-4(2)5(6)7-3;1-3(2)4(5)6/h10-11H,1,6-8H2,2-5H3;13H,2-12H2,1H3;11H,1,6-7H2,2-5H3;1H2,2-3H3;1H2,2H3,(H,5,6)/t10-,11-,14+;;;;/m0..../s1. The Kier molecular flexibility index (Phi) is 31.1. The molecule has 2 fully saturated rings. The van der Waals surface area contributed by atoms with Crippen LogP contribution in [0.25, 0.3) is 0 Å². The van der Waals surface area contributed by atoms with Crippen molar-refractivity contribution in [3.8, 4) is 0 Å². The molecule has 0 saturated heterocycles. The maximum Gasteiger partial charge on any atom is 0.333 e. The van der Waals surface area contributed by atoms with Crippen molar-refractivity contribution in [2.24, 2.45) is 16.7 Å². The number of fused-ring (bicyclic) bond motifs is 2. The SMILES string of the molecule is C=C(C)C(=O)O.C=C(C)C(=O)OC.C=C(C)C(=O)OCCNC(C)(C)C.C=C(C)C(=O)O[C@H]1C[C@@H]2CC[C@@]1(C)C2(C)C.CCCCCCCCCCCCS. The third-order valence-electron chi connectivity index (χ3n) is 10.1. The number of esters is 3. The number of unbranched alkanes of at least 4 members (excludes halogenated alkanes) is 9. The summed E-state index contributed by atoms with van der Waals surface area (Å²) >= 11 is 4.20. The lowest BCUT2D eigenvalue weighted by Crippen LogP contribution is -2.38. The zero-order chi connectivity index (χ0) is 43.4. The Balaban J connectivity index is -0.000000642. The molecule has 10 heteroatoms. The fourth-order valence-corrected chi connectivity index (χ4v) is 6.23. The van der Waals surface area contributed by atoms with Crippen molar-refractivity contribution in [2.45, 2.75) is 171 Å². The second-order valence-electron chi connectivity index (χ2n) is 16.6. The molecule has 0 unspecified atom stereocenters. The van der Waals surface area contributed by atoms with Crippen LogP contribution in [0.3, 0.4) is 0 Å². The maximum atomic E-state index is 11.6. The van der Waals surface area contributed by atoms with E-state index in [1.54, 1.807) is 20.8 Å². The summed E-state index contributed by atoms with van der Waals surface area (Å²) in [6.45, 7) is 36.5. The van der Waals surface area contributed by atoms with Crippen LogP contribution in [0.4, 0.5) is 0 Å². The minimum Gasteiger partial charge on any atom is -0.478 e. The zero-order valence-electron chi connectivity index (χ0n) is 37.0. The fraction of sp³-hybridized carbons (Fsp3) is 0.733. The number of rotatable bonds is 18. The van der Waals surface area contributed by atoms with Crippen LogP contribution >= 0.6 is 12.6 Å². The summed E-state index contributed by atoms with van der Waals surface area (Å²) in [6, 6.07) is 0. The van der Waals surface area contributed by atoms with E-state index >= 15 is 0 Å². The van der Waals surface area contributed by atoms with E-state index in [1.165, 1.54) is 91.1 Å². The number of carbonyl (C=O) groups excluding carboxylic acids is 3. The third kappa shape index (κ3) is 26.6. The third-order valence-corrected chi connectivity index (χ3v) is 10.4. The number of carboxylic acids is 1. The summed E-state index contributed by atoms with van der Waals surface area (Å²) in [6.07, 6.45) is 17.8. The molecule has 0 aromatic rings. The van der Waals surface area contributed by atoms with E-state index in [4.69, 9.17) is 14.6 Å². The van der Waals surface area contributed by atoms with Crippen LogP contribution < -0.4 is 5.32 Å². The van der Waals surface area contributed by atoms with Crippen molar-refractivity contribution in [2.75, 3.05) is 26.0 Å². The van der Waals surface area contributed by atoms with Gasteiger partial charge in [-0.3, -0.25) is 0 Å². The Bertz CT molecular complexity index is 1180. The summed E-state index contributed by atoms with van der Waals surface area (Å²) in [7, 11) is 1.33. The molecule has 9 nitrogen and oxygen atoms in total. The molecular formula is C45H81NO8S. The van der Waals surface area contributed by atoms with Crippen LogP contribution in [0.5, 0.6) is 0 Å². The van der Waals surface area contributed by atoms with Gasteiger partial charge in [0.25, 0.3) is 0 Å². The Morgan fingerprint density at radius 2 is 1.20 bits per heavy atom. The van der Waals surface area contributed by atoms with Gasteiger partial charge in [-0.15, -0.1) is 0 Å². The van der Waals surface area contributed by atoms with Crippen molar-refractivity contribution in [3.05, 3.63) is 48.6 Å². The van der Waals surface area contributed by atoms with Crippen LogP contribution in [-0.2, 0) is 33.4 Å². The van der Waals surface area contributed by atoms with Gasteiger partial charge in [0.1, 0.15) is 12.7 Å². The Morgan fingerprint density at radius 1 is 0.764 bits per heavy atom. The average molecular weight is 796 g/mol. The van der Waals surface area contributed by atoms with Crippen LogP contribution in [0.1, 0.15) is 160 Å². The number of carboxylic acid groups (broad SMARTS) is 1. The Hall–Kier alpha value is -2.85. The lowest BCUT2D eigenvalue weighted by Gasteiger charge is -2.38. The van der Waals surface area contributed by atoms with E-state index in [0.29, 0.717) is 41.2 Å². The molecule has 2 aliphatic carbocycles. The van der Waals surface area contributed by atoms with Gasteiger partial charge in [-0.1, -0.05) is 112 Å². The molecule has 2 rings (SSSR count). The van der Waals surface area contributed by atoms with Gasteiger partial charge in [-0.05, 0) is 91.2 Å². The summed E-state index contributed by atoms with van der Waals surface area (Å²) in [5, 5.41) is 11.1. The van der Waals surface area contributed by atoms with Crippen LogP contribution in [-0.4, -0.2) is 66.6 Å². The van der Waals surface area contributed by atoms with Crippen molar-refractivity contribution in [3.63, 3.8) is 0 Å². The number of aliphatic carboxylic acids is 1. The van der Waals surface area contributed by atoms with E-state index in [-0.39, 0.29) is 40.5 Å². The van der Waals surface area contributed by atoms with E-state index < -0.39 is 5.97 Å². The first-order chi connectivity index (χ1) is 25.4. The molecule has 2 bridgehead atoms. The molecule has 0 aromatic carbocycles. The lowest BCUT2D eigenvalue weighted by molar-refractivity contribution is -0.152. The minimum atomic E-state index is -0.935. The highest BCUT2D eigenvalue weighted by atomic mass is 32.1. The first kappa shape index (κ1) is 56.5. The normalized spacial score (nSPS) is 18.5. The number of thiol groups is 1. The van der Waals surface area contributed by atoms with Crippen LogP contribution in [0.15, 0.2) is 48.6 Å². The molecule has 0 radical (unpaired) electrons. The second kappa shape index (κ2) is 30.3. The smallest absolute Gasteiger partial charge is 0.333 e. The van der Waals surface area contributed by atoms with Gasteiger partial charge >= 0.3 is 23.9 Å². The number of hydrogen-bond acceptors (Lipinski definition) is 9. The first-order valence-corrected chi connectivity index (χ1v) is 20.7. The topological polar surface area (TPSA) is 128 Å². The van der Waals surface area contributed by atoms with Gasteiger partial charge in [0.15, 0.2) is 0 Å². The molecule has 0 spiro atoms. The highest BCUT2D eigenvalue weighted by Crippen LogP contribution is 2.66. The molecule has 55 heavy (non-hydrogen) atoms. The van der Waals surface area contributed by atoms with E-state index in [2.05, 4.69) is 97.5 Å². The summed E-state index contributed by atoms with van der Waals surface area (Å²) in [5.74, 6) is -0.0584. The molecule has 2 aliphatic rings. The number of carbonyl (C=O) groups is 4. The second-order valence-corrected chi connectivity index (χ2v) is 17.1. The fourth-order valence-electron chi connectivity index (χ4n) is 6.00. The summed E-state index contributed by atoms with van der Waals surface area (Å²) in [4.78, 5) is 42.3. The molecule has 2 saturated carbocycles. The monoisotopic (exact) mass is 796 g/mol. The van der Waals surface area contributed by atoms with Gasteiger partial charge < -0.3 is 24.6 Å². The van der Waals surface area contributed by atoms with Crippen LogP contribution in [0, 0.1) is 16.7 Å². The van der Waals surface area contributed by atoms with Crippen molar-refractivity contribution in [1.29, 1.82) is 0 Å². The molecule has 320 valence electrons. The molecule has 2 N–H and O–H groups in total. The number of nitrogens with one attached hydrogen (secondary N) is 1. The molecule has 0 heterocycles. The van der Waals surface area contributed by atoms with Gasteiger partial charge in [-0.2, -0.15) is 12.6 Å². The van der Waals surface area contributed by atoms with E-state index in [9.17, 15) is 19.2 Å². The van der Waals surface area contributed by atoms with Gasteiger partial charge in [0.2, 0.25) is 0 Å². The van der Waals surface area contributed by atoms with E-state index in [0.717, 1.165) is 12.2 Å². The number of ether oxygens (including phenoxy) is 3. The van der Waals surface area contributed by atoms with Crippen molar-refractivity contribution >= 4 is 36.5 Å². The number of hydrogen-bond donors (Lipinski definition) is 3. The van der Waals surface area contributed by atoms with Crippen LogP contribution in [0.2, 0.25) is 0 Å². The Labute approximate surface area is 342 Å². The largest absolute Gasteiger partial charge is 0.478 e. The lowest BCUT2D eigenvalue weighted by atomic mass is 9.70. The van der Waals surface area contributed by atoms with Gasteiger partial charge in [-0.25, -0.2) is 19.2 Å². The minimum absolute atomic E-state index is 0.0651. The molecule has 0 aliphatic heterocycles. The summed E-state index contributed by atoms with van der Waals surface area (Å²) < 4.78 is 14.8. The highest BCUT2D eigenvalue weighted by Gasteiger charge is 2.62. The highest BCUT2D eigenvalue weighted by molar-refractivity contribution is 7.80. The molecular weight excluding hydrogens is 715 g/mol. The number of methoxy groups -OCH3 is 1.